The average Bonchev–Trinajstić information content (AvgIpc) is 2.35. The first-order chi connectivity index (χ1) is 9.27. The molecule has 0 aliphatic carbocycles. The Labute approximate surface area is 118 Å². The van der Waals surface area contributed by atoms with Gasteiger partial charge in [0.1, 0.15) is 0 Å². The summed E-state index contributed by atoms with van der Waals surface area (Å²) in [6.07, 6.45) is 1.75. The van der Waals surface area contributed by atoms with E-state index in [0.717, 1.165) is 11.1 Å². The monoisotopic (exact) mass is 274 g/mol. The van der Waals surface area contributed by atoms with Crippen LogP contribution in [0, 0.1) is 12.7 Å². The van der Waals surface area contributed by atoms with Gasteiger partial charge < -0.3 is 10.5 Å². The number of benzene rings is 1. The molecule has 2 aromatic rings. The molecule has 0 aliphatic rings. The zero-order valence-electron chi connectivity index (χ0n) is 12.2. The van der Waals surface area contributed by atoms with Crippen LogP contribution < -0.4 is 10.5 Å². The van der Waals surface area contributed by atoms with Crippen molar-refractivity contribution in [3.05, 3.63) is 47.4 Å². The first kappa shape index (κ1) is 14.3. The van der Waals surface area contributed by atoms with E-state index in [-0.39, 0.29) is 11.2 Å². The van der Waals surface area contributed by atoms with E-state index in [1.54, 1.807) is 25.3 Å². The number of nitrogen functional groups attached to an aromatic ring is 1. The maximum atomic E-state index is 13.8. The molecule has 0 saturated heterocycles. The summed E-state index contributed by atoms with van der Waals surface area (Å²) < 4.78 is 19.2. The second-order valence-electron chi connectivity index (χ2n) is 5.88. The molecule has 1 heterocycles. The Morgan fingerprint density at radius 1 is 1.20 bits per heavy atom. The molecule has 0 amide bonds. The highest BCUT2D eigenvalue weighted by molar-refractivity contribution is 5.51. The van der Waals surface area contributed by atoms with E-state index >= 15 is 0 Å². The van der Waals surface area contributed by atoms with E-state index in [9.17, 15) is 4.39 Å². The minimum atomic E-state index is -0.491. The molecule has 0 fully saturated rings. The van der Waals surface area contributed by atoms with Gasteiger partial charge in [-0.25, -0.2) is 9.37 Å². The number of aromatic nitrogens is 1. The van der Waals surface area contributed by atoms with Gasteiger partial charge in [0.15, 0.2) is 11.6 Å². The summed E-state index contributed by atoms with van der Waals surface area (Å²) in [4.78, 5) is 4.21. The molecule has 4 heteroatoms. The molecule has 2 N–H and O–H groups in total. The van der Waals surface area contributed by atoms with Crippen LogP contribution in [0.25, 0.3) is 0 Å². The molecule has 0 radical (unpaired) electrons. The highest BCUT2D eigenvalue weighted by Crippen LogP contribution is 2.28. The Balaban J connectivity index is 2.25. The average molecular weight is 274 g/mol. The number of hydrogen-bond acceptors (Lipinski definition) is 3. The van der Waals surface area contributed by atoms with Crippen LogP contribution in [0.5, 0.6) is 11.6 Å². The molecular formula is C16H19FN2O. The summed E-state index contributed by atoms with van der Waals surface area (Å²) >= 11 is 0. The quantitative estimate of drug-likeness (QED) is 0.835. The number of hydrogen-bond donors (Lipinski definition) is 1. The molecule has 1 aromatic carbocycles. The van der Waals surface area contributed by atoms with Crippen molar-refractivity contribution in [2.24, 2.45) is 0 Å². The zero-order chi connectivity index (χ0) is 14.9. The van der Waals surface area contributed by atoms with Gasteiger partial charge in [-0.1, -0.05) is 26.8 Å². The van der Waals surface area contributed by atoms with Gasteiger partial charge in [0, 0.05) is 24.0 Å². The van der Waals surface area contributed by atoms with Crippen LogP contribution in [0.1, 0.15) is 31.9 Å². The van der Waals surface area contributed by atoms with E-state index in [0.29, 0.717) is 11.6 Å². The molecule has 1 aromatic heterocycles. The second kappa shape index (κ2) is 5.12. The van der Waals surface area contributed by atoms with E-state index in [1.165, 1.54) is 6.07 Å². The summed E-state index contributed by atoms with van der Waals surface area (Å²) in [5.41, 5.74) is 7.94. The van der Waals surface area contributed by atoms with Crippen LogP contribution in [0.3, 0.4) is 0 Å². The van der Waals surface area contributed by atoms with Crippen LogP contribution in [-0.4, -0.2) is 4.98 Å². The summed E-state index contributed by atoms with van der Waals surface area (Å²) in [7, 11) is 0. The van der Waals surface area contributed by atoms with Crippen molar-refractivity contribution < 1.29 is 9.13 Å². The third-order valence-corrected chi connectivity index (χ3v) is 3.14. The summed E-state index contributed by atoms with van der Waals surface area (Å²) in [5.74, 6) is 0.00331. The van der Waals surface area contributed by atoms with Crippen LogP contribution in [-0.2, 0) is 5.41 Å². The van der Waals surface area contributed by atoms with Crippen molar-refractivity contribution in [3.63, 3.8) is 0 Å². The van der Waals surface area contributed by atoms with Crippen LogP contribution >= 0.6 is 0 Å². The van der Waals surface area contributed by atoms with Crippen LogP contribution in [0.4, 0.5) is 10.1 Å². The third kappa shape index (κ3) is 3.07. The fourth-order valence-corrected chi connectivity index (χ4v) is 1.75. The summed E-state index contributed by atoms with van der Waals surface area (Å²) in [5, 5.41) is 0. The van der Waals surface area contributed by atoms with Crippen molar-refractivity contribution in [1.82, 2.24) is 4.98 Å². The van der Waals surface area contributed by atoms with Gasteiger partial charge in [0.25, 0.3) is 0 Å². The topological polar surface area (TPSA) is 48.1 Å². The van der Waals surface area contributed by atoms with E-state index < -0.39 is 5.82 Å². The molecule has 0 atom stereocenters. The van der Waals surface area contributed by atoms with Crippen molar-refractivity contribution in [1.29, 1.82) is 0 Å². The van der Waals surface area contributed by atoms with Gasteiger partial charge in [0.05, 0.1) is 0 Å². The second-order valence-corrected chi connectivity index (χ2v) is 5.88. The van der Waals surface area contributed by atoms with Crippen molar-refractivity contribution in [3.8, 4) is 11.6 Å². The van der Waals surface area contributed by atoms with Crippen molar-refractivity contribution >= 4 is 5.69 Å². The SMILES string of the molecule is Cc1cc(Oc2ccc(C(C)(C)C)cn2)c(F)cc1N. The normalized spacial score (nSPS) is 11.4. The molecule has 0 aliphatic heterocycles. The molecule has 0 saturated carbocycles. The Kier molecular flexibility index (Phi) is 3.66. The molecule has 0 bridgehead atoms. The van der Waals surface area contributed by atoms with Gasteiger partial charge in [-0.3, -0.25) is 0 Å². The fraction of sp³-hybridized carbons (Fsp3) is 0.312. The van der Waals surface area contributed by atoms with Gasteiger partial charge in [-0.2, -0.15) is 0 Å². The Bertz CT molecular complexity index is 616. The number of rotatable bonds is 2. The van der Waals surface area contributed by atoms with Crippen LogP contribution in [0.2, 0.25) is 0 Å². The summed E-state index contributed by atoms with van der Waals surface area (Å²) in [6, 6.07) is 6.51. The van der Waals surface area contributed by atoms with Crippen molar-refractivity contribution in [2.45, 2.75) is 33.1 Å². The van der Waals surface area contributed by atoms with E-state index in [1.807, 2.05) is 6.07 Å². The zero-order valence-corrected chi connectivity index (χ0v) is 12.2. The number of aryl methyl sites for hydroxylation is 1. The van der Waals surface area contributed by atoms with Gasteiger partial charge in [0.2, 0.25) is 5.88 Å². The maximum Gasteiger partial charge on any atom is 0.219 e. The van der Waals surface area contributed by atoms with Gasteiger partial charge in [-0.05, 0) is 29.5 Å². The lowest BCUT2D eigenvalue weighted by Crippen LogP contribution is -2.11. The first-order valence-corrected chi connectivity index (χ1v) is 6.47. The largest absolute Gasteiger partial charge is 0.436 e. The fourth-order valence-electron chi connectivity index (χ4n) is 1.75. The smallest absolute Gasteiger partial charge is 0.219 e. The number of ether oxygens (including phenoxy) is 1. The lowest BCUT2D eigenvalue weighted by atomic mass is 9.88. The molecule has 3 nitrogen and oxygen atoms in total. The minimum absolute atomic E-state index is 0.0224. The predicted molar refractivity (Wildman–Crippen MR) is 78.6 cm³/mol. The molecular weight excluding hydrogens is 255 g/mol. The molecule has 0 unspecified atom stereocenters. The van der Waals surface area contributed by atoms with E-state index in [4.69, 9.17) is 10.5 Å². The van der Waals surface area contributed by atoms with Gasteiger partial charge >= 0.3 is 0 Å². The molecule has 106 valence electrons. The van der Waals surface area contributed by atoms with Crippen LogP contribution in [0.15, 0.2) is 30.5 Å². The Morgan fingerprint density at radius 2 is 1.90 bits per heavy atom. The molecule has 20 heavy (non-hydrogen) atoms. The highest BCUT2D eigenvalue weighted by Gasteiger charge is 2.14. The maximum absolute atomic E-state index is 13.8. The first-order valence-electron chi connectivity index (χ1n) is 6.47. The lowest BCUT2D eigenvalue weighted by molar-refractivity contribution is 0.426. The van der Waals surface area contributed by atoms with E-state index in [2.05, 4.69) is 25.8 Å². The number of halogens is 1. The van der Waals surface area contributed by atoms with Gasteiger partial charge in [-0.15, -0.1) is 0 Å². The number of nitrogens with zero attached hydrogens (tertiary/aromatic N) is 1. The highest BCUT2D eigenvalue weighted by atomic mass is 19.1. The number of nitrogens with two attached hydrogens (primary N) is 1. The van der Waals surface area contributed by atoms with Crippen molar-refractivity contribution in [2.75, 3.05) is 5.73 Å². The Morgan fingerprint density at radius 3 is 2.45 bits per heavy atom. The number of pyridine rings is 1. The molecule has 0 spiro atoms. The standard InChI is InChI=1S/C16H19FN2O/c1-10-7-14(12(17)8-13(10)18)20-15-6-5-11(9-19-15)16(2,3)4/h5-9H,18H2,1-4H3. The molecule has 2 rings (SSSR count). The predicted octanol–water partition coefficient (Wildman–Crippen LogP) is 4.20. The minimum Gasteiger partial charge on any atom is -0.436 e. The third-order valence-electron chi connectivity index (χ3n) is 3.14. The lowest BCUT2D eigenvalue weighted by Gasteiger charge is -2.18. The number of anilines is 1. The Hall–Kier alpha value is -2.10. The summed E-state index contributed by atoms with van der Waals surface area (Å²) in [6.45, 7) is 8.12.